The molecule has 2 aliphatic heterocycles. The Morgan fingerprint density at radius 2 is 0.956 bits per heavy atom. The average molecular weight is 1310 g/mol. The summed E-state index contributed by atoms with van der Waals surface area (Å²) in [4.78, 5) is 51.1. The van der Waals surface area contributed by atoms with Gasteiger partial charge in [0, 0.05) is 46.9 Å². The van der Waals surface area contributed by atoms with Crippen molar-refractivity contribution in [2.75, 3.05) is 26.4 Å². The molecule has 0 radical (unpaired) electrons. The maximum absolute atomic E-state index is 16.5. The fourth-order valence-electron chi connectivity index (χ4n) is 10.9. The van der Waals surface area contributed by atoms with Crippen LogP contribution in [0.1, 0.15) is 103 Å². The van der Waals surface area contributed by atoms with E-state index in [1.165, 1.54) is 48.5 Å². The summed E-state index contributed by atoms with van der Waals surface area (Å²) in [5, 5.41) is -0.00665. The van der Waals surface area contributed by atoms with Gasteiger partial charge in [-0.25, -0.2) is 65.8 Å². The number of nitrogens with zero attached hydrogens (tertiary/aromatic N) is 8. The SMILES string of the molecule is CC1(C)COCC1n1c(Cc2cc(F)c(-c3cccc(OCc4ncc(C(F)(F)F)s4)n3)cc2F)nc2c(F)cc(C(=O)OC(=O)c3cc(F)c4nc(Cc5cc(F)c(-c6cccc(OCc7ncc(C(F)(F)F)s7)n6)cc5F)n(C5COCC5(C)C)c4c3)cc21. The molecule has 2 atom stereocenters. The van der Waals surface area contributed by atoms with Crippen molar-refractivity contribution >= 4 is 56.7 Å². The Morgan fingerprint density at radius 1 is 0.549 bits per heavy atom. The fourth-order valence-corrected chi connectivity index (χ4v) is 12.3. The van der Waals surface area contributed by atoms with Gasteiger partial charge in [-0.3, -0.25) is 0 Å². The van der Waals surface area contributed by atoms with Crippen molar-refractivity contribution in [1.29, 1.82) is 0 Å². The first-order valence-corrected chi connectivity index (χ1v) is 29.2. The van der Waals surface area contributed by atoms with Crippen molar-refractivity contribution < 1.29 is 86.0 Å². The normalized spacial score (nSPS) is 16.5. The molecule has 29 heteroatoms. The lowest BCUT2D eigenvalue weighted by Gasteiger charge is -2.28. The molecule has 12 rings (SSSR count). The third kappa shape index (κ3) is 12.6. The van der Waals surface area contributed by atoms with Gasteiger partial charge in [0.2, 0.25) is 11.8 Å². The average Bonchev–Trinajstić information content (AvgIpc) is 1.61. The molecule has 0 saturated carbocycles. The summed E-state index contributed by atoms with van der Waals surface area (Å²) >= 11 is 0.751. The van der Waals surface area contributed by atoms with Gasteiger partial charge in [0.05, 0.1) is 84.5 Å². The van der Waals surface area contributed by atoms with Gasteiger partial charge in [0.1, 0.15) is 78.9 Å². The van der Waals surface area contributed by atoms with E-state index in [2.05, 4.69) is 29.9 Å². The van der Waals surface area contributed by atoms with Crippen LogP contribution in [-0.2, 0) is 52.6 Å². The third-order valence-corrected chi connectivity index (χ3v) is 17.6. The van der Waals surface area contributed by atoms with Gasteiger partial charge in [-0.1, -0.05) is 39.8 Å². The Balaban J connectivity index is 0.803. The van der Waals surface area contributed by atoms with E-state index in [-0.39, 0.29) is 129 Å². The van der Waals surface area contributed by atoms with Gasteiger partial charge < -0.3 is 32.8 Å². The van der Waals surface area contributed by atoms with E-state index >= 15 is 26.3 Å². The largest absolute Gasteiger partial charge is 0.470 e. The Kier molecular flexibility index (Phi) is 16.3. The van der Waals surface area contributed by atoms with E-state index < -0.39 is 116 Å². The van der Waals surface area contributed by atoms with Crippen LogP contribution in [0.15, 0.2) is 97.3 Å². The van der Waals surface area contributed by atoms with Crippen LogP contribution in [0.4, 0.5) is 52.7 Å². The minimum atomic E-state index is -4.60. The van der Waals surface area contributed by atoms with Crippen LogP contribution in [0.5, 0.6) is 11.8 Å². The Hall–Kier alpha value is -8.80. The first-order chi connectivity index (χ1) is 43.1. The molecule has 6 aromatic heterocycles. The molecule has 4 aromatic carbocycles. The Labute approximate surface area is 515 Å². The van der Waals surface area contributed by atoms with E-state index in [1.54, 1.807) is 9.13 Å². The van der Waals surface area contributed by atoms with Gasteiger partial charge in [0.25, 0.3) is 0 Å². The van der Waals surface area contributed by atoms with Gasteiger partial charge >= 0.3 is 24.3 Å². The first-order valence-electron chi connectivity index (χ1n) is 27.6. The van der Waals surface area contributed by atoms with Crippen molar-refractivity contribution in [1.82, 2.24) is 39.0 Å². The molecule has 0 spiro atoms. The number of hydrogen-bond donors (Lipinski definition) is 0. The lowest BCUT2D eigenvalue weighted by atomic mass is 9.87. The Morgan fingerprint density at radius 3 is 1.32 bits per heavy atom. The zero-order chi connectivity index (χ0) is 64.6. The van der Waals surface area contributed by atoms with Crippen LogP contribution < -0.4 is 9.47 Å². The van der Waals surface area contributed by atoms with Crippen molar-refractivity contribution in [3.8, 4) is 34.3 Å². The summed E-state index contributed by atoms with van der Waals surface area (Å²) in [7, 11) is 0. The van der Waals surface area contributed by atoms with Gasteiger partial charge in [-0.15, -0.1) is 22.7 Å². The number of imidazole rings is 2. The number of carbonyl (C=O) groups is 2. The summed E-state index contributed by atoms with van der Waals surface area (Å²) in [6.45, 7) is 7.14. The second kappa shape index (κ2) is 23.8. The highest BCUT2D eigenvalue weighted by molar-refractivity contribution is 7.12. The maximum atomic E-state index is 16.5. The zero-order valence-electron chi connectivity index (χ0n) is 47.8. The van der Waals surface area contributed by atoms with Crippen molar-refractivity contribution in [3.05, 3.63) is 186 Å². The number of ether oxygens (including phenoxy) is 5. The quantitative estimate of drug-likeness (QED) is 0.0510. The van der Waals surface area contributed by atoms with Crippen LogP contribution in [-0.4, -0.2) is 77.4 Å². The molecule has 0 aliphatic carbocycles. The molecule has 0 N–H and O–H groups in total. The molecule has 2 unspecified atom stereocenters. The maximum Gasteiger partial charge on any atom is 0.427 e. The predicted octanol–water partition coefficient (Wildman–Crippen LogP) is 14.8. The number of benzene rings is 4. The number of pyridine rings is 2. The predicted molar refractivity (Wildman–Crippen MR) is 304 cm³/mol. The zero-order valence-corrected chi connectivity index (χ0v) is 49.5. The number of carbonyl (C=O) groups excluding carboxylic acids is 2. The van der Waals surface area contributed by atoms with Crippen molar-refractivity contribution in [2.24, 2.45) is 10.8 Å². The van der Waals surface area contributed by atoms with Gasteiger partial charge in [0.15, 0.2) is 11.6 Å². The molecule has 2 saturated heterocycles. The lowest BCUT2D eigenvalue weighted by Crippen LogP contribution is -2.27. The van der Waals surface area contributed by atoms with Crippen molar-refractivity contribution in [2.45, 2.75) is 78.2 Å². The molecule has 2 aliphatic rings. The molecule has 8 heterocycles. The number of aromatic nitrogens is 8. The molecule has 0 amide bonds. The summed E-state index contributed by atoms with van der Waals surface area (Å²) in [5.41, 5.74) is -4.10. The summed E-state index contributed by atoms with van der Waals surface area (Å²) < 4.78 is 207. The minimum Gasteiger partial charge on any atom is -0.470 e. The van der Waals surface area contributed by atoms with Gasteiger partial charge in [-0.2, -0.15) is 26.3 Å². The van der Waals surface area contributed by atoms with E-state index in [0.717, 1.165) is 36.4 Å². The highest BCUT2D eigenvalue weighted by atomic mass is 32.1. The molecular formula is C62H46F12N8O7S2. The summed E-state index contributed by atoms with van der Waals surface area (Å²) in [6, 6.07) is 14.6. The van der Waals surface area contributed by atoms with Crippen LogP contribution in [0.2, 0.25) is 0 Å². The lowest BCUT2D eigenvalue weighted by molar-refractivity contribution is -0.135. The molecule has 0 bridgehead atoms. The number of fused-ring (bicyclic) bond motifs is 2. The minimum absolute atomic E-state index is 0.00332. The molecule has 472 valence electrons. The fraction of sp³-hybridized carbons (Fsp3) is 0.290. The van der Waals surface area contributed by atoms with Gasteiger partial charge in [-0.05, 0) is 71.8 Å². The standard InChI is InChI=1S/C62H46F12N8O7S2/c1-59(2)27-85-23-45(59)81-43-15-31(13-39(67)55(43)79-49(81)17-29-11-37(65)33(19-35(29)63)41-7-5-9-51(77-41)87-25-53-75-21-47(90-53)61(69,70)71)57(83)89-58(84)32-14-40(68)56-44(16-32)82(46-24-86-28-60(46,3)4)50(80-56)18-30-12-38(66)34(20-36(30)64)42-8-6-10-52(78-42)88-26-54-76-22-48(91-54)62(72,73)74/h5-16,19-22,45-46H,17-18,23-28H2,1-4H3. The number of hydrogen-bond acceptors (Lipinski definition) is 15. The highest BCUT2D eigenvalue weighted by Gasteiger charge is 2.42. The summed E-state index contributed by atoms with van der Waals surface area (Å²) in [6.07, 6.45) is -8.71. The topological polar surface area (TPSA) is 167 Å². The molecule has 15 nitrogen and oxygen atoms in total. The third-order valence-electron chi connectivity index (χ3n) is 15.5. The van der Waals surface area contributed by atoms with E-state index in [4.69, 9.17) is 23.7 Å². The van der Waals surface area contributed by atoms with Crippen LogP contribution >= 0.6 is 22.7 Å². The molecule has 10 aromatic rings. The first kappa shape index (κ1) is 62.4. The van der Waals surface area contributed by atoms with E-state index in [1.807, 2.05) is 27.7 Å². The van der Waals surface area contributed by atoms with Crippen LogP contribution in [0.25, 0.3) is 44.6 Å². The van der Waals surface area contributed by atoms with Crippen LogP contribution in [0, 0.1) is 45.7 Å². The number of esters is 2. The highest BCUT2D eigenvalue weighted by Crippen LogP contribution is 2.44. The number of halogens is 12. The number of thiazole rings is 2. The molecule has 91 heavy (non-hydrogen) atoms. The Bertz CT molecular complexity index is 4240. The number of alkyl halides is 6. The second-order valence-corrected chi connectivity index (χ2v) is 25.1. The monoisotopic (exact) mass is 1310 g/mol. The van der Waals surface area contributed by atoms with E-state index in [0.29, 0.717) is 35.1 Å². The molecule has 2 fully saturated rings. The summed E-state index contributed by atoms with van der Waals surface area (Å²) in [5.74, 6) is -8.75. The van der Waals surface area contributed by atoms with Crippen LogP contribution in [0.3, 0.4) is 0 Å². The van der Waals surface area contributed by atoms with E-state index in [9.17, 15) is 35.9 Å². The second-order valence-electron chi connectivity index (χ2n) is 22.9. The number of rotatable bonds is 16. The smallest absolute Gasteiger partial charge is 0.427 e. The van der Waals surface area contributed by atoms with Crippen molar-refractivity contribution in [3.63, 3.8) is 0 Å². The molecular weight excluding hydrogens is 1260 g/mol.